The Morgan fingerprint density at radius 2 is 2.07 bits per heavy atom. The molecule has 1 N–H and O–H groups in total. The van der Waals surface area contributed by atoms with E-state index in [2.05, 4.69) is 13.1 Å². The number of fused-ring (bicyclic) bond motifs is 1. The molecule has 0 aliphatic carbocycles. The minimum absolute atomic E-state index is 0.190. The molecule has 1 amide bonds. The average Bonchev–Trinajstić information content (AvgIpc) is 3.00. The number of aromatic nitrogens is 2. The van der Waals surface area contributed by atoms with Crippen molar-refractivity contribution in [1.29, 1.82) is 0 Å². The SMILES string of the molecule is CB(O)N1Cc2nn(C3CN(C(=O)OCc4ccccc4)C3)cc2C[C@H]1C. The van der Waals surface area contributed by atoms with Gasteiger partial charge in [-0.15, -0.1) is 0 Å². The molecule has 27 heavy (non-hydrogen) atoms. The van der Waals surface area contributed by atoms with Crippen LogP contribution in [0.4, 0.5) is 4.79 Å². The second-order valence-corrected chi connectivity index (χ2v) is 7.54. The van der Waals surface area contributed by atoms with Gasteiger partial charge in [-0.25, -0.2) is 4.79 Å². The number of likely N-dealkylation sites (tertiary alicyclic amines) is 1. The summed E-state index contributed by atoms with van der Waals surface area (Å²) in [7, 11) is -0.475. The molecule has 8 heteroatoms. The van der Waals surface area contributed by atoms with Crippen molar-refractivity contribution in [3.8, 4) is 0 Å². The molecule has 1 fully saturated rings. The van der Waals surface area contributed by atoms with Crippen LogP contribution in [0.25, 0.3) is 0 Å². The third kappa shape index (κ3) is 3.72. The van der Waals surface area contributed by atoms with Gasteiger partial charge >= 0.3 is 13.1 Å². The number of carbonyl (C=O) groups excluding carboxylic acids is 1. The molecule has 0 unspecified atom stereocenters. The number of hydrogen-bond acceptors (Lipinski definition) is 5. The van der Waals surface area contributed by atoms with E-state index in [1.807, 2.05) is 39.8 Å². The fourth-order valence-electron chi connectivity index (χ4n) is 3.80. The molecule has 1 aromatic heterocycles. The molecule has 0 spiro atoms. The van der Waals surface area contributed by atoms with E-state index in [9.17, 15) is 9.82 Å². The van der Waals surface area contributed by atoms with E-state index in [0.717, 1.165) is 17.7 Å². The van der Waals surface area contributed by atoms with Gasteiger partial charge in [-0.2, -0.15) is 5.10 Å². The van der Waals surface area contributed by atoms with Gasteiger partial charge in [0.15, 0.2) is 0 Å². The topological polar surface area (TPSA) is 70.8 Å². The first-order valence-corrected chi connectivity index (χ1v) is 9.47. The van der Waals surface area contributed by atoms with E-state index in [0.29, 0.717) is 32.3 Å². The minimum atomic E-state index is -0.475. The van der Waals surface area contributed by atoms with Crippen LogP contribution in [-0.4, -0.2) is 56.8 Å². The Kier molecular flexibility index (Phi) is 4.93. The lowest BCUT2D eigenvalue weighted by Gasteiger charge is -2.38. The quantitative estimate of drug-likeness (QED) is 0.836. The van der Waals surface area contributed by atoms with Gasteiger partial charge in [0.1, 0.15) is 6.61 Å². The van der Waals surface area contributed by atoms with E-state index < -0.39 is 7.05 Å². The summed E-state index contributed by atoms with van der Waals surface area (Å²) in [6.45, 7) is 6.11. The summed E-state index contributed by atoms with van der Waals surface area (Å²) in [5.41, 5.74) is 3.25. The van der Waals surface area contributed by atoms with Crippen molar-refractivity contribution >= 4 is 13.1 Å². The van der Waals surface area contributed by atoms with Gasteiger partial charge in [0.2, 0.25) is 0 Å². The van der Waals surface area contributed by atoms with E-state index >= 15 is 0 Å². The number of amides is 1. The Morgan fingerprint density at radius 1 is 1.33 bits per heavy atom. The monoisotopic (exact) mass is 368 g/mol. The molecule has 4 rings (SSSR count). The van der Waals surface area contributed by atoms with Crippen LogP contribution in [0, 0.1) is 0 Å². The van der Waals surface area contributed by atoms with Crippen molar-refractivity contribution < 1.29 is 14.6 Å². The third-order valence-electron chi connectivity index (χ3n) is 5.49. The molecule has 0 radical (unpaired) electrons. The molecule has 1 aromatic carbocycles. The lowest BCUT2D eigenvalue weighted by Crippen LogP contribution is -2.51. The predicted octanol–water partition coefficient (Wildman–Crippen LogP) is 1.93. The molecule has 2 aliphatic rings. The average molecular weight is 368 g/mol. The van der Waals surface area contributed by atoms with Crippen LogP contribution in [-0.2, 0) is 24.3 Å². The summed E-state index contributed by atoms with van der Waals surface area (Å²) in [6.07, 6.45) is 2.71. The van der Waals surface area contributed by atoms with Gasteiger partial charge in [-0.1, -0.05) is 37.3 Å². The van der Waals surface area contributed by atoms with Crippen molar-refractivity contribution in [2.75, 3.05) is 13.1 Å². The van der Waals surface area contributed by atoms with Gasteiger partial charge < -0.3 is 19.5 Å². The first-order chi connectivity index (χ1) is 13.0. The van der Waals surface area contributed by atoms with Gasteiger partial charge in [-0.3, -0.25) is 4.68 Å². The zero-order chi connectivity index (χ0) is 19.0. The number of nitrogens with zero attached hydrogens (tertiary/aromatic N) is 4. The Balaban J connectivity index is 1.31. The number of benzene rings is 1. The maximum atomic E-state index is 12.2. The highest BCUT2D eigenvalue weighted by Gasteiger charge is 2.36. The number of ether oxygens (including phenoxy) is 1. The fraction of sp³-hybridized carbons (Fsp3) is 0.474. The Morgan fingerprint density at radius 3 is 2.78 bits per heavy atom. The molecule has 2 aliphatic heterocycles. The third-order valence-corrected chi connectivity index (χ3v) is 5.49. The second-order valence-electron chi connectivity index (χ2n) is 7.54. The maximum Gasteiger partial charge on any atom is 0.410 e. The first-order valence-electron chi connectivity index (χ1n) is 9.47. The van der Waals surface area contributed by atoms with Crippen LogP contribution in [0.1, 0.15) is 29.8 Å². The number of carbonyl (C=O) groups is 1. The van der Waals surface area contributed by atoms with E-state index in [1.54, 1.807) is 11.7 Å². The Labute approximate surface area is 159 Å². The van der Waals surface area contributed by atoms with Crippen molar-refractivity contribution in [1.82, 2.24) is 19.5 Å². The highest BCUT2D eigenvalue weighted by Crippen LogP contribution is 2.27. The second kappa shape index (κ2) is 7.36. The van der Waals surface area contributed by atoms with Gasteiger partial charge in [0, 0.05) is 31.9 Å². The van der Waals surface area contributed by atoms with Crippen molar-refractivity contribution in [3.63, 3.8) is 0 Å². The molecule has 7 nitrogen and oxygen atoms in total. The summed E-state index contributed by atoms with van der Waals surface area (Å²) in [5, 5.41) is 14.6. The summed E-state index contributed by atoms with van der Waals surface area (Å²) in [5.74, 6) is 0. The molecule has 1 atom stereocenters. The summed E-state index contributed by atoms with van der Waals surface area (Å²) in [6, 6.07) is 10.2. The molecular weight excluding hydrogens is 343 g/mol. The molecule has 0 bridgehead atoms. The Bertz CT molecular complexity index is 805. The van der Waals surface area contributed by atoms with Crippen LogP contribution >= 0.6 is 0 Å². The van der Waals surface area contributed by atoms with Crippen LogP contribution in [0.15, 0.2) is 36.5 Å². The number of hydrogen-bond donors (Lipinski definition) is 1. The minimum Gasteiger partial charge on any atom is -0.445 e. The summed E-state index contributed by atoms with van der Waals surface area (Å²) < 4.78 is 7.35. The molecule has 142 valence electrons. The van der Waals surface area contributed by atoms with Crippen LogP contribution < -0.4 is 0 Å². The molecular formula is C19H25BN4O3. The largest absolute Gasteiger partial charge is 0.445 e. The van der Waals surface area contributed by atoms with Gasteiger partial charge in [0.05, 0.1) is 11.7 Å². The van der Waals surface area contributed by atoms with Crippen molar-refractivity contribution in [2.45, 2.75) is 45.4 Å². The lowest BCUT2D eigenvalue weighted by atomic mass is 9.80. The van der Waals surface area contributed by atoms with Gasteiger partial charge in [0.25, 0.3) is 0 Å². The predicted molar refractivity (Wildman–Crippen MR) is 102 cm³/mol. The maximum absolute atomic E-state index is 12.2. The summed E-state index contributed by atoms with van der Waals surface area (Å²) in [4.78, 5) is 15.9. The highest BCUT2D eigenvalue weighted by molar-refractivity contribution is 6.45. The van der Waals surface area contributed by atoms with Crippen LogP contribution in [0.2, 0.25) is 6.82 Å². The highest BCUT2D eigenvalue weighted by atomic mass is 16.6. The molecule has 1 saturated heterocycles. The first kappa shape index (κ1) is 18.1. The zero-order valence-electron chi connectivity index (χ0n) is 15.8. The normalized spacial score (nSPS) is 20.1. The smallest absolute Gasteiger partial charge is 0.410 e. The van der Waals surface area contributed by atoms with Crippen LogP contribution in [0.5, 0.6) is 0 Å². The lowest BCUT2D eigenvalue weighted by molar-refractivity contribution is 0.0495. The van der Waals surface area contributed by atoms with E-state index in [1.165, 1.54) is 5.56 Å². The molecule has 3 heterocycles. The Hall–Kier alpha value is -2.32. The number of rotatable bonds is 4. The molecule has 2 aromatic rings. The zero-order valence-corrected chi connectivity index (χ0v) is 15.8. The van der Waals surface area contributed by atoms with Crippen LogP contribution in [0.3, 0.4) is 0 Å². The van der Waals surface area contributed by atoms with Crippen molar-refractivity contribution in [2.24, 2.45) is 0 Å². The molecule has 0 saturated carbocycles. The van der Waals surface area contributed by atoms with E-state index in [-0.39, 0.29) is 12.1 Å². The fourth-order valence-corrected chi connectivity index (χ4v) is 3.80. The van der Waals surface area contributed by atoms with E-state index in [4.69, 9.17) is 9.84 Å². The standard InChI is InChI=1S/C19H25BN4O3/c1-14-8-16-9-24(21-18(16)12-23(14)20(2)26)17-10-22(11-17)19(25)27-13-15-6-4-3-5-7-15/h3-7,9,14,17,26H,8,10-13H2,1-2H3/t14-/m1/s1. The summed E-state index contributed by atoms with van der Waals surface area (Å²) >= 11 is 0. The van der Waals surface area contributed by atoms with Crippen molar-refractivity contribution in [3.05, 3.63) is 53.3 Å². The van der Waals surface area contributed by atoms with Gasteiger partial charge in [-0.05, 0) is 24.4 Å².